The minimum atomic E-state index is -0.175. The number of amides is 1. The first kappa shape index (κ1) is 13.4. The van der Waals surface area contributed by atoms with Crippen LogP contribution in [0.4, 0.5) is 0 Å². The van der Waals surface area contributed by atoms with Crippen molar-refractivity contribution in [3.8, 4) is 0 Å². The molecular formula is C13H13Cl2NO2. The Labute approximate surface area is 116 Å². The van der Waals surface area contributed by atoms with E-state index in [-0.39, 0.29) is 5.91 Å². The van der Waals surface area contributed by atoms with E-state index in [0.717, 1.165) is 18.4 Å². The number of nitrogens with zero attached hydrogens (tertiary/aromatic N) is 1. The molecule has 1 aliphatic heterocycles. The SMILES string of the molecule is O=C(/C=C/c1cc(Cl)ccc1Cl)N1CCCCO1. The molecule has 2 rings (SSSR count). The molecule has 0 atom stereocenters. The van der Waals surface area contributed by atoms with E-state index in [2.05, 4.69) is 0 Å². The third kappa shape index (κ3) is 3.48. The number of hydrogen-bond donors (Lipinski definition) is 0. The summed E-state index contributed by atoms with van der Waals surface area (Å²) < 4.78 is 0. The van der Waals surface area contributed by atoms with E-state index in [4.69, 9.17) is 28.0 Å². The van der Waals surface area contributed by atoms with Crippen LogP contribution in [0.1, 0.15) is 18.4 Å². The molecule has 0 spiro atoms. The molecule has 1 aliphatic rings. The lowest BCUT2D eigenvalue weighted by atomic mass is 10.2. The fraction of sp³-hybridized carbons (Fsp3) is 0.308. The van der Waals surface area contributed by atoms with E-state index >= 15 is 0 Å². The maximum Gasteiger partial charge on any atom is 0.270 e. The molecule has 0 saturated carbocycles. The van der Waals surface area contributed by atoms with E-state index in [0.29, 0.717) is 23.2 Å². The zero-order valence-electron chi connectivity index (χ0n) is 9.73. The molecule has 18 heavy (non-hydrogen) atoms. The van der Waals surface area contributed by atoms with Gasteiger partial charge in [-0.15, -0.1) is 0 Å². The van der Waals surface area contributed by atoms with Crippen LogP contribution in [0.5, 0.6) is 0 Å². The van der Waals surface area contributed by atoms with Crippen molar-refractivity contribution in [1.29, 1.82) is 0 Å². The van der Waals surface area contributed by atoms with Crippen LogP contribution in [-0.4, -0.2) is 24.1 Å². The quantitative estimate of drug-likeness (QED) is 0.778. The van der Waals surface area contributed by atoms with Gasteiger partial charge in [0.1, 0.15) is 0 Å². The van der Waals surface area contributed by atoms with Gasteiger partial charge < -0.3 is 0 Å². The summed E-state index contributed by atoms with van der Waals surface area (Å²) in [6.45, 7) is 1.23. The zero-order chi connectivity index (χ0) is 13.0. The molecule has 1 aromatic rings. The van der Waals surface area contributed by atoms with E-state index in [9.17, 15) is 4.79 Å². The topological polar surface area (TPSA) is 29.5 Å². The molecule has 5 heteroatoms. The largest absolute Gasteiger partial charge is 0.271 e. The van der Waals surface area contributed by atoms with Crippen LogP contribution in [0, 0.1) is 0 Å². The van der Waals surface area contributed by atoms with Gasteiger partial charge >= 0.3 is 0 Å². The van der Waals surface area contributed by atoms with Crippen LogP contribution in [0.2, 0.25) is 10.0 Å². The predicted octanol–water partition coefficient (Wildman–Crippen LogP) is 3.56. The molecule has 0 N–H and O–H groups in total. The minimum Gasteiger partial charge on any atom is -0.271 e. The Morgan fingerprint density at radius 2 is 2.17 bits per heavy atom. The van der Waals surface area contributed by atoms with Gasteiger partial charge in [-0.3, -0.25) is 9.63 Å². The maximum atomic E-state index is 11.8. The molecule has 1 aromatic carbocycles. The summed E-state index contributed by atoms with van der Waals surface area (Å²) in [7, 11) is 0. The van der Waals surface area contributed by atoms with Crippen molar-refractivity contribution in [2.75, 3.05) is 13.2 Å². The van der Waals surface area contributed by atoms with E-state index in [1.54, 1.807) is 24.3 Å². The van der Waals surface area contributed by atoms with Gasteiger partial charge in [-0.2, -0.15) is 0 Å². The Hall–Kier alpha value is -1.03. The van der Waals surface area contributed by atoms with Crippen LogP contribution < -0.4 is 0 Å². The standard InChI is InChI=1S/C13H13Cl2NO2/c14-11-4-5-12(15)10(9-11)3-6-13(17)16-7-1-2-8-18-16/h3-6,9H,1-2,7-8H2/b6-3+. The number of benzene rings is 1. The number of rotatable bonds is 2. The van der Waals surface area contributed by atoms with Gasteiger partial charge in [-0.05, 0) is 42.7 Å². The highest BCUT2D eigenvalue weighted by Gasteiger charge is 2.14. The second-order valence-corrected chi connectivity index (χ2v) is 4.82. The van der Waals surface area contributed by atoms with Crippen LogP contribution >= 0.6 is 23.2 Å². The van der Waals surface area contributed by atoms with Gasteiger partial charge in [-0.1, -0.05) is 23.2 Å². The Balaban J connectivity index is 2.05. The highest BCUT2D eigenvalue weighted by atomic mass is 35.5. The second-order valence-electron chi connectivity index (χ2n) is 3.98. The Morgan fingerprint density at radius 3 is 2.89 bits per heavy atom. The van der Waals surface area contributed by atoms with Crippen LogP contribution in [0.25, 0.3) is 6.08 Å². The first-order chi connectivity index (χ1) is 8.66. The Bertz CT molecular complexity index is 468. The summed E-state index contributed by atoms with van der Waals surface area (Å²) in [6, 6.07) is 5.12. The number of hydrogen-bond acceptors (Lipinski definition) is 2. The lowest BCUT2D eigenvalue weighted by Gasteiger charge is -2.24. The van der Waals surface area contributed by atoms with Crippen molar-refractivity contribution < 1.29 is 9.63 Å². The molecule has 1 heterocycles. The normalized spacial score (nSPS) is 16.2. The number of hydroxylamine groups is 2. The molecule has 1 amide bonds. The van der Waals surface area contributed by atoms with E-state index in [1.165, 1.54) is 11.1 Å². The van der Waals surface area contributed by atoms with Crippen molar-refractivity contribution in [3.63, 3.8) is 0 Å². The first-order valence-corrected chi connectivity index (χ1v) is 6.50. The van der Waals surface area contributed by atoms with Crippen molar-refractivity contribution in [1.82, 2.24) is 5.06 Å². The monoisotopic (exact) mass is 285 g/mol. The van der Waals surface area contributed by atoms with Gasteiger partial charge in [0.25, 0.3) is 5.91 Å². The second kappa shape index (κ2) is 6.23. The van der Waals surface area contributed by atoms with Crippen LogP contribution in [-0.2, 0) is 9.63 Å². The predicted molar refractivity (Wildman–Crippen MR) is 72.4 cm³/mol. The molecule has 0 aromatic heterocycles. The maximum absolute atomic E-state index is 11.8. The highest BCUT2D eigenvalue weighted by molar-refractivity contribution is 6.34. The van der Waals surface area contributed by atoms with Gasteiger partial charge in [0.15, 0.2) is 0 Å². The average molecular weight is 286 g/mol. The molecule has 3 nitrogen and oxygen atoms in total. The Morgan fingerprint density at radius 1 is 1.33 bits per heavy atom. The highest BCUT2D eigenvalue weighted by Crippen LogP contribution is 2.21. The first-order valence-electron chi connectivity index (χ1n) is 5.74. The summed E-state index contributed by atoms with van der Waals surface area (Å²) in [5, 5.41) is 2.52. The summed E-state index contributed by atoms with van der Waals surface area (Å²) >= 11 is 11.9. The summed E-state index contributed by atoms with van der Waals surface area (Å²) in [6.07, 6.45) is 5.06. The van der Waals surface area contributed by atoms with Crippen molar-refractivity contribution in [2.45, 2.75) is 12.8 Å². The van der Waals surface area contributed by atoms with Gasteiger partial charge in [0, 0.05) is 22.7 Å². The third-order valence-corrected chi connectivity index (χ3v) is 3.19. The number of halogens is 2. The number of carbonyl (C=O) groups is 1. The molecule has 1 saturated heterocycles. The lowest BCUT2D eigenvalue weighted by Crippen LogP contribution is -2.34. The molecule has 0 bridgehead atoms. The van der Waals surface area contributed by atoms with E-state index in [1.807, 2.05) is 0 Å². The number of carbonyl (C=O) groups excluding carboxylic acids is 1. The van der Waals surface area contributed by atoms with Crippen LogP contribution in [0.3, 0.4) is 0 Å². The fourth-order valence-electron chi connectivity index (χ4n) is 1.66. The van der Waals surface area contributed by atoms with Gasteiger partial charge in [0.05, 0.1) is 6.61 Å². The molecule has 96 valence electrons. The smallest absolute Gasteiger partial charge is 0.270 e. The van der Waals surface area contributed by atoms with Crippen molar-refractivity contribution in [3.05, 3.63) is 39.9 Å². The summed E-state index contributed by atoms with van der Waals surface area (Å²) in [4.78, 5) is 17.1. The minimum absolute atomic E-state index is 0.175. The molecule has 1 fully saturated rings. The van der Waals surface area contributed by atoms with Crippen molar-refractivity contribution >= 4 is 35.2 Å². The van der Waals surface area contributed by atoms with Gasteiger partial charge in [-0.25, -0.2) is 5.06 Å². The van der Waals surface area contributed by atoms with Crippen LogP contribution in [0.15, 0.2) is 24.3 Å². The van der Waals surface area contributed by atoms with Gasteiger partial charge in [0.2, 0.25) is 0 Å². The summed E-state index contributed by atoms with van der Waals surface area (Å²) in [5.41, 5.74) is 0.717. The third-order valence-electron chi connectivity index (χ3n) is 2.61. The zero-order valence-corrected chi connectivity index (χ0v) is 11.2. The molecule has 0 unspecified atom stereocenters. The average Bonchev–Trinajstić information content (AvgIpc) is 2.40. The molecular weight excluding hydrogens is 273 g/mol. The molecule has 0 aliphatic carbocycles. The molecule has 0 radical (unpaired) electrons. The van der Waals surface area contributed by atoms with Crippen molar-refractivity contribution in [2.24, 2.45) is 0 Å². The summed E-state index contributed by atoms with van der Waals surface area (Å²) in [5.74, 6) is -0.175. The van der Waals surface area contributed by atoms with E-state index < -0.39 is 0 Å². The Kier molecular flexibility index (Phi) is 4.64. The lowest BCUT2D eigenvalue weighted by molar-refractivity contribution is -0.191. The fourth-order valence-corrected chi connectivity index (χ4v) is 2.02.